The Balaban J connectivity index is 1.48. The van der Waals surface area contributed by atoms with Crippen molar-refractivity contribution < 1.29 is 9.47 Å². The molecule has 5 rings (SSSR count). The fraction of sp³-hybridized carbons (Fsp3) is 0.133. The summed E-state index contributed by atoms with van der Waals surface area (Å²) in [6.45, 7) is 4.33. The van der Waals surface area contributed by atoms with Crippen molar-refractivity contribution in [3.8, 4) is 56.3 Å². The molecule has 0 aliphatic heterocycles. The molecule has 0 unspecified atom stereocenters. The maximum absolute atomic E-state index is 5.30. The van der Waals surface area contributed by atoms with Crippen LogP contribution in [0.3, 0.4) is 0 Å². The standard InChI is InChI=1S/C30H28N2O2/c1-19-27(21-8-12-25(33-3)13-9-21)17-31-29(19)23-6-5-7-24(16-23)30-20(2)28(18-32-30)22-10-14-26(34-4)15-11-22/h5-18,31-32H,1-4H3. The largest absolute Gasteiger partial charge is 0.497 e. The lowest BCUT2D eigenvalue weighted by Gasteiger charge is -2.08. The number of benzene rings is 3. The minimum absolute atomic E-state index is 0.861. The van der Waals surface area contributed by atoms with E-state index in [4.69, 9.17) is 9.47 Å². The first-order valence-corrected chi connectivity index (χ1v) is 11.3. The van der Waals surface area contributed by atoms with Crippen LogP contribution in [0.5, 0.6) is 11.5 Å². The van der Waals surface area contributed by atoms with Crippen LogP contribution in [0.4, 0.5) is 0 Å². The lowest BCUT2D eigenvalue weighted by atomic mass is 9.97. The normalized spacial score (nSPS) is 10.9. The minimum atomic E-state index is 0.861. The van der Waals surface area contributed by atoms with Crippen molar-refractivity contribution in [1.29, 1.82) is 0 Å². The second-order valence-corrected chi connectivity index (χ2v) is 8.44. The molecule has 0 aliphatic carbocycles. The maximum Gasteiger partial charge on any atom is 0.118 e. The molecule has 0 spiro atoms. The van der Waals surface area contributed by atoms with E-state index in [-0.39, 0.29) is 0 Å². The van der Waals surface area contributed by atoms with Crippen molar-refractivity contribution in [2.45, 2.75) is 13.8 Å². The Morgan fingerprint density at radius 2 is 0.941 bits per heavy atom. The number of rotatable bonds is 6. The van der Waals surface area contributed by atoms with E-state index in [1.54, 1.807) is 14.2 Å². The molecule has 0 saturated carbocycles. The zero-order valence-corrected chi connectivity index (χ0v) is 19.9. The predicted molar refractivity (Wildman–Crippen MR) is 139 cm³/mol. The van der Waals surface area contributed by atoms with Crippen molar-refractivity contribution in [2.24, 2.45) is 0 Å². The number of aromatic amines is 2. The van der Waals surface area contributed by atoms with E-state index < -0.39 is 0 Å². The van der Waals surface area contributed by atoms with Crippen LogP contribution in [-0.4, -0.2) is 24.2 Å². The van der Waals surface area contributed by atoms with Crippen molar-refractivity contribution >= 4 is 0 Å². The summed E-state index contributed by atoms with van der Waals surface area (Å²) in [5.74, 6) is 1.72. The van der Waals surface area contributed by atoms with E-state index in [0.29, 0.717) is 0 Å². The van der Waals surface area contributed by atoms with Gasteiger partial charge in [0.1, 0.15) is 11.5 Å². The van der Waals surface area contributed by atoms with E-state index in [0.717, 1.165) is 34.0 Å². The number of aromatic nitrogens is 2. The predicted octanol–water partition coefficient (Wildman–Crippen LogP) is 7.64. The zero-order chi connectivity index (χ0) is 23.7. The van der Waals surface area contributed by atoms with Crippen molar-refractivity contribution in [3.05, 3.63) is 96.3 Å². The molecule has 170 valence electrons. The third kappa shape index (κ3) is 3.88. The molecule has 2 N–H and O–H groups in total. The van der Waals surface area contributed by atoms with Crippen molar-refractivity contribution in [3.63, 3.8) is 0 Å². The molecule has 0 radical (unpaired) electrons. The summed E-state index contributed by atoms with van der Waals surface area (Å²) in [5, 5.41) is 0. The average Bonchev–Trinajstić information content (AvgIpc) is 3.46. The Morgan fingerprint density at radius 1 is 0.529 bits per heavy atom. The zero-order valence-electron chi connectivity index (χ0n) is 19.9. The molecule has 2 aromatic heterocycles. The lowest BCUT2D eigenvalue weighted by molar-refractivity contribution is 0.415. The van der Waals surface area contributed by atoms with Gasteiger partial charge in [0.2, 0.25) is 0 Å². The third-order valence-electron chi connectivity index (χ3n) is 6.52. The van der Waals surface area contributed by atoms with Gasteiger partial charge in [-0.3, -0.25) is 0 Å². The van der Waals surface area contributed by atoms with Gasteiger partial charge < -0.3 is 19.4 Å². The highest BCUT2D eigenvalue weighted by Crippen LogP contribution is 2.36. The molecule has 4 nitrogen and oxygen atoms in total. The van der Waals surface area contributed by atoms with Crippen LogP contribution in [0.1, 0.15) is 11.1 Å². The summed E-state index contributed by atoms with van der Waals surface area (Å²) in [5.41, 5.74) is 11.8. The molecule has 0 aliphatic rings. The van der Waals surface area contributed by atoms with Gasteiger partial charge in [-0.1, -0.05) is 42.5 Å². The van der Waals surface area contributed by atoms with Gasteiger partial charge in [0.25, 0.3) is 0 Å². The van der Waals surface area contributed by atoms with Crippen LogP contribution < -0.4 is 9.47 Å². The summed E-state index contributed by atoms with van der Waals surface area (Å²) >= 11 is 0. The number of nitrogens with one attached hydrogen (secondary N) is 2. The first kappa shape index (κ1) is 21.7. The Hall–Kier alpha value is -4.18. The number of hydrogen-bond donors (Lipinski definition) is 2. The Bertz CT molecular complexity index is 1320. The number of methoxy groups -OCH3 is 2. The van der Waals surface area contributed by atoms with Crippen LogP contribution >= 0.6 is 0 Å². The summed E-state index contributed by atoms with van der Waals surface area (Å²) < 4.78 is 10.6. The topological polar surface area (TPSA) is 50.0 Å². The molecular weight excluding hydrogens is 420 g/mol. The highest BCUT2D eigenvalue weighted by molar-refractivity contribution is 5.82. The lowest BCUT2D eigenvalue weighted by Crippen LogP contribution is -1.87. The molecule has 2 heterocycles. The van der Waals surface area contributed by atoms with Crippen LogP contribution in [0.2, 0.25) is 0 Å². The second-order valence-electron chi connectivity index (χ2n) is 8.44. The first-order chi connectivity index (χ1) is 16.6. The SMILES string of the molecule is COc1ccc(-c2c[nH]c(-c3cccc(-c4[nH]cc(-c5ccc(OC)cc5)c4C)c3)c2C)cc1. The molecule has 0 saturated heterocycles. The maximum atomic E-state index is 5.30. The van der Waals surface area contributed by atoms with Crippen LogP contribution in [0.15, 0.2) is 85.2 Å². The molecule has 5 aromatic rings. The molecule has 34 heavy (non-hydrogen) atoms. The summed E-state index contributed by atoms with van der Waals surface area (Å²) in [4.78, 5) is 7.00. The molecule has 0 amide bonds. The highest BCUT2D eigenvalue weighted by atomic mass is 16.5. The molecule has 3 aromatic carbocycles. The van der Waals surface area contributed by atoms with Gasteiger partial charge in [-0.25, -0.2) is 0 Å². The van der Waals surface area contributed by atoms with Crippen LogP contribution in [0.25, 0.3) is 44.8 Å². The highest BCUT2D eigenvalue weighted by Gasteiger charge is 2.14. The molecular formula is C30H28N2O2. The quantitative estimate of drug-likeness (QED) is 0.280. The van der Waals surface area contributed by atoms with E-state index in [2.05, 4.69) is 84.7 Å². The fourth-order valence-corrected chi connectivity index (χ4v) is 4.56. The van der Waals surface area contributed by atoms with Gasteiger partial charge in [0, 0.05) is 34.9 Å². The number of H-pyrrole nitrogens is 2. The van der Waals surface area contributed by atoms with Gasteiger partial charge >= 0.3 is 0 Å². The summed E-state index contributed by atoms with van der Waals surface area (Å²) in [7, 11) is 3.38. The molecule has 0 fully saturated rings. The number of hydrogen-bond acceptors (Lipinski definition) is 2. The van der Waals surface area contributed by atoms with E-state index >= 15 is 0 Å². The third-order valence-corrected chi connectivity index (χ3v) is 6.52. The molecule has 4 heteroatoms. The van der Waals surface area contributed by atoms with Gasteiger partial charge in [0.15, 0.2) is 0 Å². The second kappa shape index (κ2) is 8.99. The average molecular weight is 449 g/mol. The van der Waals surface area contributed by atoms with E-state index in [9.17, 15) is 0 Å². The van der Waals surface area contributed by atoms with Crippen LogP contribution in [-0.2, 0) is 0 Å². The first-order valence-electron chi connectivity index (χ1n) is 11.3. The van der Waals surface area contributed by atoms with Crippen molar-refractivity contribution in [1.82, 2.24) is 9.97 Å². The van der Waals surface area contributed by atoms with Crippen LogP contribution in [0, 0.1) is 13.8 Å². The van der Waals surface area contributed by atoms with E-state index in [1.165, 1.54) is 33.4 Å². The Labute approximate surface area is 200 Å². The smallest absolute Gasteiger partial charge is 0.118 e. The minimum Gasteiger partial charge on any atom is -0.497 e. The van der Waals surface area contributed by atoms with Crippen molar-refractivity contribution in [2.75, 3.05) is 14.2 Å². The number of ether oxygens (including phenoxy) is 2. The van der Waals surface area contributed by atoms with Gasteiger partial charge in [0.05, 0.1) is 14.2 Å². The van der Waals surface area contributed by atoms with Gasteiger partial charge in [-0.2, -0.15) is 0 Å². The van der Waals surface area contributed by atoms with E-state index in [1.807, 2.05) is 24.3 Å². The monoisotopic (exact) mass is 448 g/mol. The van der Waals surface area contributed by atoms with Gasteiger partial charge in [-0.05, 0) is 77.6 Å². The van der Waals surface area contributed by atoms with Gasteiger partial charge in [-0.15, -0.1) is 0 Å². The molecule has 0 bridgehead atoms. The Morgan fingerprint density at radius 3 is 1.32 bits per heavy atom. The molecule has 0 atom stereocenters. The Kier molecular flexibility index (Phi) is 5.72. The summed E-state index contributed by atoms with van der Waals surface area (Å²) in [6, 6.07) is 25.0. The summed E-state index contributed by atoms with van der Waals surface area (Å²) in [6.07, 6.45) is 4.17. The fourth-order valence-electron chi connectivity index (χ4n) is 4.56.